The Kier molecular flexibility index (Phi) is 6.85. The summed E-state index contributed by atoms with van der Waals surface area (Å²) in [6.45, 7) is 4.17. The highest BCUT2D eigenvalue weighted by Crippen LogP contribution is 2.29. The zero-order valence-corrected chi connectivity index (χ0v) is 16.6. The lowest BCUT2D eigenvalue weighted by molar-refractivity contribution is -0.149. The van der Waals surface area contributed by atoms with E-state index in [4.69, 9.17) is 4.74 Å². The summed E-state index contributed by atoms with van der Waals surface area (Å²) in [6.07, 6.45) is 3.32. The summed E-state index contributed by atoms with van der Waals surface area (Å²) in [4.78, 5) is 25.2. The van der Waals surface area contributed by atoms with Gasteiger partial charge in [-0.05, 0) is 29.4 Å². The second-order valence-corrected chi connectivity index (χ2v) is 7.80. The Morgan fingerprint density at radius 1 is 0.964 bits per heavy atom. The summed E-state index contributed by atoms with van der Waals surface area (Å²) in [7, 11) is 0. The van der Waals surface area contributed by atoms with E-state index in [-0.39, 0.29) is 18.6 Å². The van der Waals surface area contributed by atoms with Crippen molar-refractivity contribution < 1.29 is 14.3 Å². The molecule has 4 heteroatoms. The van der Waals surface area contributed by atoms with E-state index in [1.54, 1.807) is 0 Å². The Morgan fingerprint density at radius 2 is 1.54 bits per heavy atom. The van der Waals surface area contributed by atoms with Crippen LogP contribution in [0.2, 0.25) is 0 Å². The van der Waals surface area contributed by atoms with Gasteiger partial charge in [-0.25, -0.2) is 0 Å². The van der Waals surface area contributed by atoms with Gasteiger partial charge in [0, 0.05) is 6.04 Å². The van der Waals surface area contributed by atoms with Gasteiger partial charge in [-0.2, -0.15) is 0 Å². The molecule has 3 unspecified atom stereocenters. The number of esters is 1. The summed E-state index contributed by atoms with van der Waals surface area (Å²) in [5.41, 5.74) is 1.71. The van der Waals surface area contributed by atoms with Crippen molar-refractivity contribution >= 4 is 11.9 Å². The Hall–Kier alpha value is -2.62. The number of amides is 1. The second kappa shape index (κ2) is 9.54. The molecule has 2 aromatic carbocycles. The van der Waals surface area contributed by atoms with E-state index < -0.39 is 11.9 Å². The molecule has 1 aliphatic rings. The highest BCUT2D eigenvalue weighted by Gasteiger charge is 2.29. The van der Waals surface area contributed by atoms with Crippen LogP contribution in [0.4, 0.5) is 0 Å². The topological polar surface area (TPSA) is 55.4 Å². The van der Waals surface area contributed by atoms with Gasteiger partial charge in [0.15, 0.2) is 6.61 Å². The highest BCUT2D eigenvalue weighted by molar-refractivity contribution is 5.85. The average molecular weight is 380 g/mol. The molecule has 0 radical (unpaired) electrons. The van der Waals surface area contributed by atoms with Crippen LogP contribution in [-0.2, 0) is 14.3 Å². The van der Waals surface area contributed by atoms with E-state index in [9.17, 15) is 9.59 Å². The molecule has 3 rings (SSSR count). The van der Waals surface area contributed by atoms with Gasteiger partial charge in [-0.3, -0.25) is 9.59 Å². The normalized spacial score (nSPS) is 21.9. The number of nitrogens with one attached hydrogen (secondary N) is 1. The first-order valence-corrected chi connectivity index (χ1v) is 10.1. The first-order chi connectivity index (χ1) is 13.6. The molecule has 1 fully saturated rings. The van der Waals surface area contributed by atoms with Gasteiger partial charge in [-0.1, -0.05) is 87.4 Å². The maximum absolute atomic E-state index is 12.9. The second-order valence-electron chi connectivity index (χ2n) is 7.80. The third-order valence-corrected chi connectivity index (χ3v) is 5.90. The van der Waals surface area contributed by atoms with Crippen LogP contribution in [0.15, 0.2) is 60.7 Å². The minimum Gasteiger partial charge on any atom is -0.455 e. The third-order valence-electron chi connectivity index (χ3n) is 5.90. The van der Waals surface area contributed by atoms with E-state index >= 15 is 0 Å². The number of hydrogen-bond acceptors (Lipinski definition) is 3. The highest BCUT2D eigenvalue weighted by atomic mass is 16.5. The fourth-order valence-electron chi connectivity index (χ4n) is 4.01. The Bertz CT molecular complexity index is 735. The van der Waals surface area contributed by atoms with Crippen molar-refractivity contribution in [1.29, 1.82) is 0 Å². The van der Waals surface area contributed by atoms with Crippen LogP contribution in [0.3, 0.4) is 0 Å². The zero-order chi connectivity index (χ0) is 19.9. The predicted molar refractivity (Wildman–Crippen MR) is 110 cm³/mol. The van der Waals surface area contributed by atoms with Crippen molar-refractivity contribution in [2.75, 3.05) is 6.61 Å². The molecule has 1 saturated carbocycles. The van der Waals surface area contributed by atoms with E-state index in [1.807, 2.05) is 60.7 Å². The van der Waals surface area contributed by atoms with E-state index in [1.165, 1.54) is 6.42 Å². The Labute approximate surface area is 167 Å². The summed E-state index contributed by atoms with van der Waals surface area (Å²) in [6, 6.07) is 19.2. The monoisotopic (exact) mass is 379 g/mol. The Morgan fingerprint density at radius 3 is 2.11 bits per heavy atom. The largest absolute Gasteiger partial charge is 0.455 e. The first-order valence-electron chi connectivity index (χ1n) is 10.1. The van der Waals surface area contributed by atoms with Gasteiger partial charge in [0.05, 0.1) is 0 Å². The molecular weight excluding hydrogens is 350 g/mol. The maximum Gasteiger partial charge on any atom is 0.318 e. The van der Waals surface area contributed by atoms with Crippen LogP contribution in [-0.4, -0.2) is 24.5 Å². The molecule has 1 N–H and O–H groups in total. The summed E-state index contributed by atoms with van der Waals surface area (Å²) >= 11 is 0. The number of benzene rings is 2. The fraction of sp³-hybridized carbons (Fsp3) is 0.417. The van der Waals surface area contributed by atoms with Gasteiger partial charge in [-0.15, -0.1) is 0 Å². The smallest absolute Gasteiger partial charge is 0.318 e. The van der Waals surface area contributed by atoms with Gasteiger partial charge >= 0.3 is 5.97 Å². The molecule has 0 heterocycles. The number of carbonyl (C=O) groups is 2. The van der Waals surface area contributed by atoms with Crippen LogP contribution >= 0.6 is 0 Å². The van der Waals surface area contributed by atoms with E-state index in [0.29, 0.717) is 11.8 Å². The molecule has 2 aromatic rings. The molecule has 4 nitrogen and oxygen atoms in total. The number of rotatable bonds is 6. The molecule has 28 heavy (non-hydrogen) atoms. The SMILES string of the molecule is CC1CCCC(NC(=O)COC(=O)C(c2ccccc2)c2ccccc2)C1C. The molecule has 148 valence electrons. The predicted octanol–water partition coefficient (Wildman–Crippen LogP) is 4.30. The van der Waals surface area contributed by atoms with Crippen LogP contribution in [0.5, 0.6) is 0 Å². The molecule has 1 aliphatic carbocycles. The van der Waals surface area contributed by atoms with Crippen molar-refractivity contribution in [1.82, 2.24) is 5.32 Å². The standard InChI is InChI=1S/C24H29NO3/c1-17-10-9-15-21(18(17)2)25-22(26)16-28-24(27)23(19-11-5-3-6-12-19)20-13-7-4-8-14-20/h3-8,11-14,17-18,21,23H,9-10,15-16H2,1-2H3,(H,25,26). The van der Waals surface area contributed by atoms with E-state index in [2.05, 4.69) is 19.2 Å². The molecule has 0 aromatic heterocycles. The lowest BCUT2D eigenvalue weighted by Gasteiger charge is -2.34. The molecular formula is C24H29NO3. The summed E-state index contributed by atoms with van der Waals surface area (Å²) in [5.74, 6) is -0.127. The Balaban J connectivity index is 1.63. The minimum atomic E-state index is -0.538. The molecule has 0 spiro atoms. The first kappa shape index (κ1) is 20.1. The van der Waals surface area contributed by atoms with Crippen molar-refractivity contribution in [3.8, 4) is 0 Å². The lowest BCUT2D eigenvalue weighted by atomic mass is 9.78. The van der Waals surface area contributed by atoms with Crippen molar-refractivity contribution in [2.45, 2.75) is 45.1 Å². The average Bonchev–Trinajstić information content (AvgIpc) is 2.72. The van der Waals surface area contributed by atoms with Gasteiger partial charge < -0.3 is 10.1 Å². The van der Waals surface area contributed by atoms with Crippen molar-refractivity contribution in [3.05, 3.63) is 71.8 Å². The van der Waals surface area contributed by atoms with Crippen molar-refractivity contribution in [3.63, 3.8) is 0 Å². The molecule has 1 amide bonds. The van der Waals surface area contributed by atoms with Gasteiger partial charge in [0.25, 0.3) is 5.91 Å². The number of hydrogen-bond donors (Lipinski definition) is 1. The molecule has 0 saturated heterocycles. The van der Waals surface area contributed by atoms with Crippen LogP contribution < -0.4 is 5.32 Å². The van der Waals surface area contributed by atoms with Gasteiger partial charge in [0.2, 0.25) is 0 Å². The number of carbonyl (C=O) groups excluding carboxylic acids is 2. The minimum absolute atomic E-state index is 0.161. The molecule has 0 aliphatic heterocycles. The van der Waals surface area contributed by atoms with E-state index in [0.717, 1.165) is 24.0 Å². The third kappa shape index (κ3) is 5.00. The fourth-order valence-corrected chi connectivity index (χ4v) is 4.01. The van der Waals surface area contributed by atoms with Crippen LogP contribution in [0.25, 0.3) is 0 Å². The summed E-state index contributed by atoms with van der Waals surface area (Å²) < 4.78 is 5.43. The summed E-state index contributed by atoms with van der Waals surface area (Å²) in [5, 5.41) is 3.06. The molecule has 0 bridgehead atoms. The zero-order valence-electron chi connectivity index (χ0n) is 16.6. The maximum atomic E-state index is 12.9. The van der Waals surface area contributed by atoms with Gasteiger partial charge in [0.1, 0.15) is 5.92 Å². The van der Waals surface area contributed by atoms with Crippen molar-refractivity contribution in [2.24, 2.45) is 11.8 Å². The van der Waals surface area contributed by atoms with Crippen LogP contribution in [0.1, 0.15) is 50.2 Å². The van der Waals surface area contributed by atoms with Crippen LogP contribution in [0, 0.1) is 11.8 Å². The molecule has 3 atom stereocenters. The quantitative estimate of drug-likeness (QED) is 0.761. The number of ether oxygens (including phenoxy) is 1. The lowest BCUT2D eigenvalue weighted by Crippen LogP contribution is -2.45.